The van der Waals surface area contributed by atoms with Crippen LogP contribution in [0.25, 0.3) is 0 Å². The van der Waals surface area contributed by atoms with Crippen LogP contribution < -0.4 is 5.32 Å². The molecule has 0 bridgehead atoms. The van der Waals surface area contributed by atoms with Crippen LogP contribution in [0, 0.1) is 0 Å². The second-order valence-electron chi connectivity index (χ2n) is 4.62. The van der Waals surface area contributed by atoms with Crippen LogP contribution in [0.5, 0.6) is 0 Å². The number of halogens is 1. The first kappa shape index (κ1) is 14.8. The van der Waals surface area contributed by atoms with E-state index in [2.05, 4.69) is 21.2 Å². The van der Waals surface area contributed by atoms with Crippen molar-refractivity contribution < 1.29 is 14.3 Å². The number of hydrogen-bond donors (Lipinski definition) is 1. The minimum atomic E-state index is -0.366. The van der Waals surface area contributed by atoms with Crippen molar-refractivity contribution in [1.29, 1.82) is 0 Å². The lowest BCUT2D eigenvalue weighted by Gasteiger charge is -2.26. The lowest BCUT2D eigenvalue weighted by molar-refractivity contribution is -0.139. The van der Waals surface area contributed by atoms with Crippen molar-refractivity contribution in [3.8, 4) is 0 Å². The summed E-state index contributed by atoms with van der Waals surface area (Å²) in [6.07, 6.45) is 0.252. The summed E-state index contributed by atoms with van der Waals surface area (Å²) in [5.41, 5.74) is 2.03. The molecule has 20 heavy (non-hydrogen) atoms. The van der Waals surface area contributed by atoms with Gasteiger partial charge in [-0.1, -0.05) is 28.1 Å². The Kier molecular flexibility index (Phi) is 4.60. The highest BCUT2D eigenvalue weighted by molar-refractivity contribution is 9.10. The molecule has 1 aliphatic rings. The molecule has 1 aliphatic heterocycles. The summed E-state index contributed by atoms with van der Waals surface area (Å²) < 4.78 is 6.03. The molecule has 1 N–H and O–H groups in total. The summed E-state index contributed by atoms with van der Waals surface area (Å²) >= 11 is 3.41. The van der Waals surface area contributed by atoms with Gasteiger partial charge in [-0.25, -0.2) is 4.79 Å². The van der Waals surface area contributed by atoms with Crippen molar-refractivity contribution in [1.82, 2.24) is 5.32 Å². The van der Waals surface area contributed by atoms with E-state index in [9.17, 15) is 9.59 Å². The highest BCUT2D eigenvalue weighted by Crippen LogP contribution is 2.34. The molecule has 0 fully saturated rings. The lowest BCUT2D eigenvalue weighted by atomic mass is 9.84. The SMILES string of the molecule is CCOC(=O)C1=C(C)NC(=O)C[C@@H]1c1cccc(Br)c1. The number of hydrogen-bond acceptors (Lipinski definition) is 3. The third-order valence-corrected chi connectivity index (χ3v) is 3.71. The second kappa shape index (κ2) is 6.22. The number of allylic oxidation sites excluding steroid dienone is 1. The average Bonchev–Trinajstić information content (AvgIpc) is 2.37. The molecule has 0 unspecified atom stereocenters. The van der Waals surface area contributed by atoms with E-state index in [0.29, 0.717) is 17.9 Å². The van der Waals surface area contributed by atoms with E-state index in [-0.39, 0.29) is 24.2 Å². The van der Waals surface area contributed by atoms with Crippen molar-refractivity contribution in [3.05, 3.63) is 45.6 Å². The molecule has 0 radical (unpaired) electrons. The molecule has 0 saturated carbocycles. The van der Waals surface area contributed by atoms with Gasteiger partial charge in [0.1, 0.15) is 0 Å². The molecule has 5 heteroatoms. The largest absolute Gasteiger partial charge is 0.463 e. The van der Waals surface area contributed by atoms with Crippen LogP contribution >= 0.6 is 15.9 Å². The number of benzene rings is 1. The zero-order valence-electron chi connectivity index (χ0n) is 11.4. The van der Waals surface area contributed by atoms with E-state index < -0.39 is 0 Å². The molecular formula is C15H16BrNO3. The highest BCUT2D eigenvalue weighted by atomic mass is 79.9. The van der Waals surface area contributed by atoms with Gasteiger partial charge in [-0.2, -0.15) is 0 Å². The quantitative estimate of drug-likeness (QED) is 0.863. The average molecular weight is 338 g/mol. The molecule has 0 aromatic heterocycles. The molecule has 1 aromatic carbocycles. The van der Waals surface area contributed by atoms with Gasteiger partial charge in [0.2, 0.25) is 5.91 Å². The Morgan fingerprint density at radius 2 is 2.25 bits per heavy atom. The van der Waals surface area contributed by atoms with E-state index in [1.807, 2.05) is 24.3 Å². The first-order valence-corrected chi connectivity index (χ1v) is 7.25. The Balaban J connectivity index is 2.44. The van der Waals surface area contributed by atoms with Gasteiger partial charge in [-0.05, 0) is 31.5 Å². The van der Waals surface area contributed by atoms with Gasteiger partial charge in [0.25, 0.3) is 0 Å². The standard InChI is InChI=1S/C15H16BrNO3/c1-3-20-15(19)14-9(2)17-13(18)8-12(14)10-5-4-6-11(16)7-10/h4-7,12H,3,8H2,1-2H3,(H,17,18)/t12-/m1/s1. The molecule has 1 atom stereocenters. The van der Waals surface area contributed by atoms with Crippen molar-refractivity contribution in [2.24, 2.45) is 0 Å². The van der Waals surface area contributed by atoms with Crippen LogP contribution in [0.3, 0.4) is 0 Å². The minimum Gasteiger partial charge on any atom is -0.463 e. The number of nitrogens with one attached hydrogen (secondary N) is 1. The fraction of sp³-hybridized carbons (Fsp3) is 0.333. The Morgan fingerprint density at radius 1 is 1.50 bits per heavy atom. The van der Waals surface area contributed by atoms with E-state index in [1.54, 1.807) is 13.8 Å². The van der Waals surface area contributed by atoms with Crippen LogP contribution in [0.4, 0.5) is 0 Å². The van der Waals surface area contributed by atoms with Crippen LogP contribution in [0.15, 0.2) is 40.0 Å². The molecule has 106 valence electrons. The molecule has 1 aromatic rings. The van der Waals surface area contributed by atoms with Crippen molar-refractivity contribution in [3.63, 3.8) is 0 Å². The fourth-order valence-electron chi connectivity index (χ4n) is 2.39. The molecule has 0 saturated heterocycles. The molecule has 4 nitrogen and oxygen atoms in total. The Bertz CT molecular complexity index is 580. The smallest absolute Gasteiger partial charge is 0.336 e. The third-order valence-electron chi connectivity index (χ3n) is 3.22. The Morgan fingerprint density at radius 3 is 2.90 bits per heavy atom. The van der Waals surface area contributed by atoms with Crippen molar-refractivity contribution in [2.45, 2.75) is 26.2 Å². The molecule has 1 amide bonds. The van der Waals surface area contributed by atoms with Gasteiger partial charge in [-0.3, -0.25) is 4.79 Å². The summed E-state index contributed by atoms with van der Waals surface area (Å²) in [6.45, 7) is 3.81. The van der Waals surface area contributed by atoms with Crippen molar-refractivity contribution in [2.75, 3.05) is 6.61 Å². The fourth-order valence-corrected chi connectivity index (χ4v) is 2.81. The normalized spacial score (nSPS) is 18.8. The predicted octanol–water partition coefficient (Wildman–Crippen LogP) is 2.89. The van der Waals surface area contributed by atoms with E-state index >= 15 is 0 Å². The van der Waals surface area contributed by atoms with E-state index in [0.717, 1.165) is 10.0 Å². The summed E-state index contributed by atoms with van der Waals surface area (Å²) in [5, 5.41) is 2.71. The Labute approximate surface area is 126 Å². The minimum absolute atomic E-state index is 0.0828. The highest BCUT2D eigenvalue weighted by Gasteiger charge is 2.32. The summed E-state index contributed by atoms with van der Waals surface area (Å²) in [6, 6.07) is 7.65. The zero-order valence-corrected chi connectivity index (χ0v) is 13.0. The molecule has 2 rings (SSSR count). The lowest BCUT2D eigenvalue weighted by Crippen LogP contribution is -2.34. The number of amides is 1. The summed E-state index contributed by atoms with van der Waals surface area (Å²) in [4.78, 5) is 23.9. The maximum atomic E-state index is 12.1. The molecule has 0 aliphatic carbocycles. The van der Waals surface area contributed by atoms with Gasteiger partial charge in [-0.15, -0.1) is 0 Å². The summed E-state index contributed by atoms with van der Waals surface area (Å²) in [5.74, 6) is -0.712. The second-order valence-corrected chi connectivity index (χ2v) is 5.53. The van der Waals surface area contributed by atoms with Gasteiger partial charge >= 0.3 is 5.97 Å². The van der Waals surface area contributed by atoms with E-state index in [1.165, 1.54) is 0 Å². The van der Waals surface area contributed by atoms with Crippen LogP contribution in [-0.2, 0) is 14.3 Å². The number of carbonyl (C=O) groups excluding carboxylic acids is 2. The number of esters is 1. The maximum absolute atomic E-state index is 12.1. The van der Waals surface area contributed by atoms with Crippen LogP contribution in [0.2, 0.25) is 0 Å². The number of ether oxygens (including phenoxy) is 1. The first-order chi connectivity index (χ1) is 9.52. The van der Waals surface area contributed by atoms with Crippen LogP contribution in [0.1, 0.15) is 31.7 Å². The van der Waals surface area contributed by atoms with Gasteiger partial charge < -0.3 is 10.1 Å². The predicted molar refractivity (Wildman–Crippen MR) is 79.0 cm³/mol. The van der Waals surface area contributed by atoms with Crippen LogP contribution in [-0.4, -0.2) is 18.5 Å². The van der Waals surface area contributed by atoms with E-state index in [4.69, 9.17) is 4.74 Å². The third kappa shape index (κ3) is 3.10. The number of rotatable bonds is 3. The zero-order chi connectivity index (χ0) is 14.7. The van der Waals surface area contributed by atoms with Gasteiger partial charge in [0.05, 0.1) is 12.2 Å². The first-order valence-electron chi connectivity index (χ1n) is 6.46. The number of carbonyl (C=O) groups is 2. The molecular weight excluding hydrogens is 322 g/mol. The molecule has 1 heterocycles. The topological polar surface area (TPSA) is 55.4 Å². The monoisotopic (exact) mass is 337 g/mol. The maximum Gasteiger partial charge on any atom is 0.336 e. The molecule has 0 spiro atoms. The van der Waals surface area contributed by atoms with Gasteiger partial charge in [0.15, 0.2) is 0 Å². The Hall–Kier alpha value is -1.62. The summed E-state index contributed by atoms with van der Waals surface area (Å²) in [7, 11) is 0. The van der Waals surface area contributed by atoms with Gasteiger partial charge in [0, 0.05) is 22.5 Å². The van der Waals surface area contributed by atoms with Crippen molar-refractivity contribution >= 4 is 27.8 Å².